The zero-order valence-electron chi connectivity index (χ0n) is 14.2. The number of alkyl halides is 3. The Hall–Kier alpha value is -2.61. The second kappa shape index (κ2) is 7.19. The number of hydrogen-bond donors (Lipinski definition) is 1. The first-order valence-corrected chi connectivity index (χ1v) is 8.72. The average Bonchev–Trinajstić information content (AvgIpc) is 2.71. The molecule has 0 fully saturated rings. The van der Waals surface area contributed by atoms with Gasteiger partial charge >= 0.3 is 6.18 Å². The molecule has 1 amide bonds. The molecule has 0 aliphatic carbocycles. The lowest BCUT2D eigenvalue weighted by Crippen LogP contribution is -2.21. The maximum Gasteiger partial charge on any atom is 0.417 e. The number of anilines is 1. The third kappa shape index (κ3) is 3.90. The van der Waals surface area contributed by atoms with Crippen molar-refractivity contribution < 1.29 is 18.0 Å². The molecule has 1 heterocycles. The lowest BCUT2D eigenvalue weighted by Gasteiger charge is -2.22. The van der Waals surface area contributed by atoms with Crippen molar-refractivity contribution >= 4 is 33.2 Å². The highest BCUT2D eigenvalue weighted by Crippen LogP contribution is 2.36. The molecule has 140 valence electrons. The second-order valence-corrected chi connectivity index (χ2v) is 6.88. The number of amides is 1. The fourth-order valence-corrected chi connectivity index (χ4v) is 3.33. The standard InChI is InChI=1S/C19H15BrF3N3O/c1-26-12(9-17(24)27)10-25-18(14-8-11(20)6-7-16(14)26)13-4-2-3-5-15(13)19(21,22)23/h2-9H,10H2,1H3,(H2,24,27). The summed E-state index contributed by atoms with van der Waals surface area (Å²) in [7, 11) is 1.72. The molecular formula is C19H15BrF3N3O. The smallest absolute Gasteiger partial charge is 0.366 e. The average molecular weight is 438 g/mol. The number of carbonyl (C=O) groups excluding carboxylic acids is 1. The number of nitrogens with two attached hydrogens (primary N) is 1. The first kappa shape index (κ1) is 19.2. The summed E-state index contributed by atoms with van der Waals surface area (Å²) < 4.78 is 41.3. The minimum atomic E-state index is -4.52. The zero-order chi connectivity index (χ0) is 19.8. The van der Waals surface area contributed by atoms with Gasteiger partial charge in [0.25, 0.3) is 0 Å². The highest BCUT2D eigenvalue weighted by atomic mass is 79.9. The molecule has 0 atom stereocenters. The molecule has 1 aliphatic rings. The van der Waals surface area contributed by atoms with Gasteiger partial charge in [0.15, 0.2) is 0 Å². The number of nitrogens with zero attached hydrogens (tertiary/aromatic N) is 2. The van der Waals surface area contributed by atoms with Crippen LogP contribution in [0.1, 0.15) is 16.7 Å². The van der Waals surface area contributed by atoms with Crippen LogP contribution in [0.5, 0.6) is 0 Å². The summed E-state index contributed by atoms with van der Waals surface area (Å²) >= 11 is 3.36. The molecule has 2 N–H and O–H groups in total. The van der Waals surface area contributed by atoms with E-state index in [1.807, 2.05) is 0 Å². The molecule has 2 aromatic rings. The highest BCUT2D eigenvalue weighted by molar-refractivity contribution is 9.10. The van der Waals surface area contributed by atoms with Gasteiger partial charge in [-0.15, -0.1) is 0 Å². The predicted octanol–water partition coefficient (Wildman–Crippen LogP) is 4.12. The Morgan fingerprint density at radius 2 is 1.93 bits per heavy atom. The fourth-order valence-electron chi connectivity index (χ4n) is 2.97. The summed E-state index contributed by atoms with van der Waals surface area (Å²) in [5.74, 6) is -0.648. The van der Waals surface area contributed by atoms with Crippen molar-refractivity contribution in [3.05, 3.63) is 75.4 Å². The van der Waals surface area contributed by atoms with Gasteiger partial charge in [-0.1, -0.05) is 34.1 Å². The van der Waals surface area contributed by atoms with E-state index < -0.39 is 17.6 Å². The Bertz CT molecular complexity index is 967. The molecule has 0 aromatic heterocycles. The Labute approximate surface area is 162 Å². The van der Waals surface area contributed by atoms with Gasteiger partial charge in [0.05, 0.1) is 23.5 Å². The van der Waals surface area contributed by atoms with E-state index in [0.717, 1.165) is 6.07 Å². The van der Waals surface area contributed by atoms with Crippen molar-refractivity contribution in [1.82, 2.24) is 0 Å². The van der Waals surface area contributed by atoms with Crippen LogP contribution in [0.25, 0.3) is 0 Å². The van der Waals surface area contributed by atoms with E-state index in [4.69, 9.17) is 5.73 Å². The van der Waals surface area contributed by atoms with Crippen molar-refractivity contribution in [2.24, 2.45) is 10.7 Å². The van der Waals surface area contributed by atoms with Crippen molar-refractivity contribution in [2.75, 3.05) is 18.5 Å². The first-order valence-electron chi connectivity index (χ1n) is 7.93. The number of aliphatic imine (C=N–C) groups is 1. The summed E-state index contributed by atoms with van der Waals surface area (Å²) in [6.07, 6.45) is -3.29. The Morgan fingerprint density at radius 3 is 2.59 bits per heavy atom. The molecule has 2 aromatic carbocycles. The van der Waals surface area contributed by atoms with Gasteiger partial charge in [0.1, 0.15) is 0 Å². The lowest BCUT2D eigenvalue weighted by atomic mass is 9.96. The Kier molecular flexibility index (Phi) is 5.10. The van der Waals surface area contributed by atoms with E-state index in [9.17, 15) is 18.0 Å². The number of primary amides is 1. The number of fused-ring (bicyclic) bond motifs is 1. The topological polar surface area (TPSA) is 58.7 Å². The number of carbonyl (C=O) groups is 1. The maximum absolute atomic E-state index is 13.5. The Balaban J connectivity index is 2.28. The van der Waals surface area contributed by atoms with Gasteiger partial charge in [-0.3, -0.25) is 9.79 Å². The summed E-state index contributed by atoms with van der Waals surface area (Å²) in [5.41, 5.74) is 6.33. The molecule has 0 saturated carbocycles. The summed E-state index contributed by atoms with van der Waals surface area (Å²) in [4.78, 5) is 17.5. The molecule has 27 heavy (non-hydrogen) atoms. The molecule has 0 bridgehead atoms. The molecule has 3 rings (SSSR count). The van der Waals surface area contributed by atoms with Crippen molar-refractivity contribution in [2.45, 2.75) is 6.18 Å². The summed E-state index contributed by atoms with van der Waals surface area (Å²) in [5, 5.41) is 0. The van der Waals surface area contributed by atoms with Crippen LogP contribution in [0, 0.1) is 0 Å². The van der Waals surface area contributed by atoms with Gasteiger partial charge in [-0.2, -0.15) is 13.2 Å². The summed E-state index contributed by atoms with van der Waals surface area (Å²) in [6, 6.07) is 10.6. The SMILES string of the molecule is CN1C(=CC(N)=O)CN=C(c2ccccc2C(F)(F)F)c2cc(Br)ccc21. The third-order valence-electron chi connectivity index (χ3n) is 4.20. The Morgan fingerprint density at radius 1 is 1.22 bits per heavy atom. The van der Waals surface area contributed by atoms with Crippen LogP contribution in [0.3, 0.4) is 0 Å². The first-order chi connectivity index (χ1) is 12.7. The highest BCUT2D eigenvalue weighted by Gasteiger charge is 2.35. The molecule has 8 heteroatoms. The number of benzene rings is 2. The second-order valence-electron chi connectivity index (χ2n) is 5.97. The maximum atomic E-state index is 13.5. The number of rotatable bonds is 2. The summed E-state index contributed by atoms with van der Waals surface area (Å²) in [6.45, 7) is 0.0211. The molecule has 0 radical (unpaired) electrons. The van der Waals surface area contributed by atoms with Crippen molar-refractivity contribution in [3.63, 3.8) is 0 Å². The minimum absolute atomic E-state index is 0.0157. The number of benzodiazepines with no additional fused rings is 1. The monoisotopic (exact) mass is 437 g/mol. The van der Waals surface area contributed by atoms with Crippen LogP contribution in [0.4, 0.5) is 18.9 Å². The van der Waals surface area contributed by atoms with Gasteiger partial charge in [-0.25, -0.2) is 0 Å². The van der Waals surface area contributed by atoms with E-state index >= 15 is 0 Å². The van der Waals surface area contributed by atoms with Crippen LogP contribution < -0.4 is 10.6 Å². The molecular weight excluding hydrogens is 423 g/mol. The van der Waals surface area contributed by atoms with Crippen molar-refractivity contribution in [3.8, 4) is 0 Å². The molecule has 0 saturated heterocycles. The number of hydrogen-bond acceptors (Lipinski definition) is 3. The van der Waals surface area contributed by atoms with E-state index in [1.165, 1.54) is 18.2 Å². The lowest BCUT2D eigenvalue weighted by molar-refractivity contribution is -0.137. The van der Waals surface area contributed by atoms with E-state index in [-0.39, 0.29) is 17.8 Å². The van der Waals surface area contributed by atoms with E-state index in [0.29, 0.717) is 21.4 Å². The number of halogens is 4. The van der Waals surface area contributed by atoms with Gasteiger partial charge in [0, 0.05) is 34.4 Å². The van der Waals surface area contributed by atoms with Gasteiger partial charge in [0.2, 0.25) is 5.91 Å². The van der Waals surface area contributed by atoms with Crippen LogP contribution in [-0.4, -0.2) is 25.2 Å². The zero-order valence-corrected chi connectivity index (χ0v) is 15.8. The molecule has 1 aliphatic heterocycles. The normalized spacial score (nSPS) is 16.0. The van der Waals surface area contributed by atoms with Crippen LogP contribution in [0.2, 0.25) is 0 Å². The quantitative estimate of drug-likeness (QED) is 0.718. The molecule has 4 nitrogen and oxygen atoms in total. The van der Waals surface area contributed by atoms with Crippen LogP contribution in [-0.2, 0) is 11.0 Å². The minimum Gasteiger partial charge on any atom is -0.366 e. The van der Waals surface area contributed by atoms with E-state index in [1.54, 1.807) is 36.2 Å². The van der Waals surface area contributed by atoms with Crippen LogP contribution >= 0.6 is 15.9 Å². The van der Waals surface area contributed by atoms with E-state index in [2.05, 4.69) is 20.9 Å². The largest absolute Gasteiger partial charge is 0.417 e. The molecule has 0 unspecified atom stereocenters. The number of likely N-dealkylation sites (N-methyl/N-ethyl adjacent to an activating group) is 1. The van der Waals surface area contributed by atoms with Gasteiger partial charge < -0.3 is 10.6 Å². The fraction of sp³-hybridized carbons (Fsp3) is 0.158. The van der Waals surface area contributed by atoms with Gasteiger partial charge in [-0.05, 0) is 24.3 Å². The van der Waals surface area contributed by atoms with Crippen molar-refractivity contribution in [1.29, 1.82) is 0 Å². The third-order valence-corrected chi connectivity index (χ3v) is 4.69. The predicted molar refractivity (Wildman–Crippen MR) is 102 cm³/mol. The molecule has 0 spiro atoms. The van der Waals surface area contributed by atoms with Crippen LogP contribution in [0.15, 0.2) is 63.7 Å².